The fourth-order valence-corrected chi connectivity index (χ4v) is 4.29. The number of hydrogen-bond acceptors (Lipinski definition) is 10. The molecule has 0 aliphatic carbocycles. The van der Waals surface area contributed by atoms with Crippen LogP contribution in [0.2, 0.25) is 0 Å². The second-order valence-corrected chi connectivity index (χ2v) is 8.89. The minimum atomic E-state index is -1.05. The number of fused-ring (bicyclic) bond motifs is 2. The summed E-state index contributed by atoms with van der Waals surface area (Å²) in [5, 5.41) is 29.8. The first-order valence-corrected chi connectivity index (χ1v) is 11.5. The lowest BCUT2D eigenvalue weighted by atomic mass is 9.84. The van der Waals surface area contributed by atoms with Crippen molar-refractivity contribution in [2.75, 3.05) is 12.3 Å². The number of carbonyl (C=O) groups excluding carboxylic acids is 1. The molecule has 4 rings (SSSR count). The van der Waals surface area contributed by atoms with Crippen LogP contribution < -0.4 is 15.9 Å². The van der Waals surface area contributed by atoms with Gasteiger partial charge >= 0.3 is 5.97 Å². The number of carbonyl (C=O) groups is 1. The van der Waals surface area contributed by atoms with Crippen molar-refractivity contribution in [2.24, 2.45) is 0 Å². The van der Waals surface area contributed by atoms with Crippen molar-refractivity contribution in [1.82, 2.24) is 4.98 Å². The van der Waals surface area contributed by atoms with Crippen LogP contribution in [0.15, 0.2) is 51.3 Å². The molecule has 3 heterocycles. The molecule has 10 heteroatoms. The maximum atomic E-state index is 12.7. The monoisotopic (exact) mass is 496 g/mol. The van der Waals surface area contributed by atoms with Crippen LogP contribution in [-0.4, -0.2) is 44.6 Å². The fourth-order valence-electron chi connectivity index (χ4n) is 4.29. The SMILES string of the molecule is C/C=C(/CO)C(=O)O[C@@H]1Cc2c(cc3oc(CO)cc(=O)c3c2O)O[C@@]1(C)CCc1ccc(N)nc1. The van der Waals surface area contributed by atoms with E-state index < -0.39 is 36.3 Å². The predicted octanol–water partition coefficient (Wildman–Crippen LogP) is 2.14. The van der Waals surface area contributed by atoms with Gasteiger partial charge in [-0.05, 0) is 38.3 Å². The Kier molecular flexibility index (Phi) is 7.00. The standard InChI is InChI=1S/C26H28N2O8/c1-3-15(12-29)25(33)35-21-9-17-19(10-20-23(24(17)32)18(31)8-16(13-30)34-20)36-26(21,2)7-6-14-4-5-22(27)28-11-14/h3-5,8,10-11,21,29-30,32H,6-7,9,12-13H2,1-2H3,(H2,27,28)/b15-3-/t21-,26+/m1/s1. The van der Waals surface area contributed by atoms with Gasteiger partial charge in [-0.15, -0.1) is 0 Å². The van der Waals surface area contributed by atoms with E-state index in [9.17, 15) is 24.9 Å². The van der Waals surface area contributed by atoms with Crippen molar-refractivity contribution in [3.05, 3.63) is 69.2 Å². The highest BCUT2D eigenvalue weighted by Crippen LogP contribution is 2.44. The number of ether oxygens (including phenoxy) is 2. The molecule has 0 unspecified atom stereocenters. The number of nitrogen functional groups attached to an aromatic ring is 1. The number of nitrogens with zero attached hydrogens (tertiary/aromatic N) is 1. The first-order chi connectivity index (χ1) is 17.2. The maximum absolute atomic E-state index is 12.7. The average Bonchev–Trinajstić information content (AvgIpc) is 2.85. The van der Waals surface area contributed by atoms with Crippen LogP contribution in [0.5, 0.6) is 11.5 Å². The zero-order valence-electron chi connectivity index (χ0n) is 20.0. The summed E-state index contributed by atoms with van der Waals surface area (Å²) >= 11 is 0. The van der Waals surface area contributed by atoms with Crippen molar-refractivity contribution in [3.63, 3.8) is 0 Å². The molecule has 10 nitrogen and oxygen atoms in total. The second-order valence-electron chi connectivity index (χ2n) is 8.89. The normalized spacial score (nSPS) is 19.6. The Hall–Kier alpha value is -3.89. The third-order valence-corrected chi connectivity index (χ3v) is 6.47. The zero-order chi connectivity index (χ0) is 26.0. The Morgan fingerprint density at radius 2 is 2.11 bits per heavy atom. The smallest absolute Gasteiger partial charge is 0.336 e. The first kappa shape index (κ1) is 25.2. The number of aromatic hydroxyl groups is 1. The van der Waals surface area contributed by atoms with Crippen LogP contribution >= 0.6 is 0 Å². The van der Waals surface area contributed by atoms with Crippen molar-refractivity contribution in [1.29, 1.82) is 0 Å². The van der Waals surface area contributed by atoms with Gasteiger partial charge in [0, 0.05) is 30.3 Å². The zero-order valence-corrected chi connectivity index (χ0v) is 20.0. The number of pyridine rings is 1. The quantitative estimate of drug-likeness (QED) is 0.281. The summed E-state index contributed by atoms with van der Waals surface area (Å²) in [6.07, 6.45) is 3.25. The summed E-state index contributed by atoms with van der Waals surface area (Å²) in [5.74, 6) is -0.314. The number of aliphatic hydroxyl groups is 2. The van der Waals surface area contributed by atoms with Crippen LogP contribution in [0, 0.1) is 0 Å². The Morgan fingerprint density at radius 3 is 2.75 bits per heavy atom. The van der Waals surface area contributed by atoms with Crippen LogP contribution in [0.4, 0.5) is 5.82 Å². The molecule has 0 fully saturated rings. The number of aromatic nitrogens is 1. The summed E-state index contributed by atoms with van der Waals surface area (Å²) in [4.78, 5) is 29.4. The number of rotatable bonds is 7. The number of aryl methyl sites for hydroxylation is 1. The van der Waals surface area contributed by atoms with Gasteiger partial charge in [0.15, 0.2) is 5.43 Å². The molecule has 2 atom stereocenters. The Bertz CT molecular complexity index is 1380. The number of phenols is 1. The number of nitrogens with two attached hydrogens (primary N) is 1. The van der Waals surface area contributed by atoms with Gasteiger partial charge in [-0.2, -0.15) is 0 Å². The number of hydrogen-bond donors (Lipinski definition) is 4. The van der Waals surface area contributed by atoms with Gasteiger partial charge in [-0.3, -0.25) is 4.79 Å². The highest BCUT2D eigenvalue weighted by atomic mass is 16.6. The van der Waals surface area contributed by atoms with Crippen LogP contribution in [0.3, 0.4) is 0 Å². The lowest BCUT2D eigenvalue weighted by molar-refractivity contribution is -0.159. The van der Waals surface area contributed by atoms with E-state index in [-0.39, 0.29) is 40.2 Å². The molecule has 3 aromatic rings. The van der Waals surface area contributed by atoms with E-state index in [0.717, 1.165) is 11.6 Å². The molecule has 0 spiro atoms. The molecular weight excluding hydrogens is 468 g/mol. The van der Waals surface area contributed by atoms with E-state index in [2.05, 4.69) is 4.98 Å². The Labute approximate surface area is 206 Å². The predicted molar refractivity (Wildman–Crippen MR) is 131 cm³/mol. The first-order valence-electron chi connectivity index (χ1n) is 11.5. The number of phenolic OH excluding ortho intramolecular Hbond substituents is 1. The molecule has 0 saturated heterocycles. The molecule has 1 aliphatic heterocycles. The van der Waals surface area contributed by atoms with Gasteiger partial charge < -0.3 is 34.9 Å². The van der Waals surface area contributed by atoms with Crippen LogP contribution in [0.1, 0.15) is 37.2 Å². The van der Waals surface area contributed by atoms with Crippen molar-refractivity contribution in [3.8, 4) is 11.5 Å². The summed E-state index contributed by atoms with van der Waals surface area (Å²) in [7, 11) is 0. The molecule has 1 aliphatic rings. The fraction of sp³-hybridized carbons (Fsp3) is 0.346. The second kappa shape index (κ2) is 10.00. The average molecular weight is 497 g/mol. The van der Waals surface area contributed by atoms with E-state index in [1.807, 2.05) is 6.07 Å². The van der Waals surface area contributed by atoms with E-state index in [1.165, 1.54) is 12.1 Å². The molecule has 0 radical (unpaired) electrons. The van der Waals surface area contributed by atoms with E-state index in [0.29, 0.717) is 24.2 Å². The minimum Gasteiger partial charge on any atom is -0.507 e. The van der Waals surface area contributed by atoms with Gasteiger partial charge in [0.1, 0.15) is 52.4 Å². The van der Waals surface area contributed by atoms with Crippen molar-refractivity contribution in [2.45, 2.75) is 51.4 Å². The lowest BCUT2D eigenvalue weighted by Gasteiger charge is -2.42. The number of allylic oxidation sites excluding steroid dienone is 1. The van der Waals surface area contributed by atoms with Crippen LogP contribution in [0.25, 0.3) is 11.0 Å². The number of benzene rings is 1. The van der Waals surface area contributed by atoms with E-state index >= 15 is 0 Å². The molecular formula is C26H28N2O8. The topological polar surface area (TPSA) is 165 Å². The molecule has 1 aromatic carbocycles. The summed E-state index contributed by atoms with van der Waals surface area (Å²) in [6, 6.07) is 6.14. The number of esters is 1. The van der Waals surface area contributed by atoms with Gasteiger partial charge in [0.25, 0.3) is 0 Å². The van der Waals surface area contributed by atoms with E-state index in [4.69, 9.17) is 19.6 Å². The largest absolute Gasteiger partial charge is 0.507 e. The van der Waals surface area contributed by atoms with Crippen molar-refractivity contribution >= 4 is 22.8 Å². The summed E-state index contributed by atoms with van der Waals surface area (Å²) in [5.41, 5.74) is 5.46. The third-order valence-electron chi connectivity index (χ3n) is 6.47. The molecule has 0 amide bonds. The number of anilines is 1. The maximum Gasteiger partial charge on any atom is 0.336 e. The molecule has 2 aromatic heterocycles. The van der Waals surface area contributed by atoms with Crippen molar-refractivity contribution < 1.29 is 34.0 Å². The summed E-state index contributed by atoms with van der Waals surface area (Å²) < 4.78 is 17.7. The third kappa shape index (κ3) is 4.77. The van der Waals surface area contributed by atoms with Gasteiger partial charge in [-0.1, -0.05) is 12.1 Å². The van der Waals surface area contributed by atoms with Gasteiger partial charge in [0.05, 0.1) is 12.2 Å². The minimum absolute atomic E-state index is 0.0518. The molecule has 0 bridgehead atoms. The van der Waals surface area contributed by atoms with Crippen LogP contribution in [-0.2, 0) is 29.0 Å². The highest BCUT2D eigenvalue weighted by Gasteiger charge is 2.45. The lowest BCUT2D eigenvalue weighted by Crippen LogP contribution is -2.51. The summed E-state index contributed by atoms with van der Waals surface area (Å²) in [6.45, 7) is 2.43. The number of aliphatic hydroxyl groups excluding tert-OH is 2. The Balaban J connectivity index is 1.76. The highest BCUT2D eigenvalue weighted by molar-refractivity contribution is 5.89. The molecule has 0 saturated carbocycles. The molecule has 36 heavy (non-hydrogen) atoms. The van der Waals surface area contributed by atoms with Gasteiger partial charge in [-0.25, -0.2) is 9.78 Å². The molecule has 5 N–H and O–H groups in total. The van der Waals surface area contributed by atoms with Gasteiger partial charge in [0.2, 0.25) is 0 Å². The Morgan fingerprint density at radius 1 is 1.33 bits per heavy atom. The molecule has 190 valence electrons. The van der Waals surface area contributed by atoms with E-state index in [1.54, 1.807) is 26.1 Å².